The van der Waals surface area contributed by atoms with Gasteiger partial charge in [-0.2, -0.15) is 0 Å². The van der Waals surface area contributed by atoms with Crippen LogP contribution in [0.5, 0.6) is 5.75 Å². The Morgan fingerprint density at radius 1 is 1.29 bits per heavy atom. The van der Waals surface area contributed by atoms with Crippen molar-refractivity contribution in [3.8, 4) is 5.75 Å². The quantitative estimate of drug-likeness (QED) is 0.789. The van der Waals surface area contributed by atoms with Crippen LogP contribution in [-0.2, 0) is 11.2 Å². The fourth-order valence-electron chi connectivity index (χ4n) is 1.45. The molecule has 0 aromatic heterocycles. The Labute approximate surface area is 98.6 Å². The van der Waals surface area contributed by atoms with Gasteiger partial charge < -0.3 is 14.9 Å². The lowest BCUT2D eigenvalue weighted by molar-refractivity contribution is -0.136. The first-order valence-corrected chi connectivity index (χ1v) is 5.25. The van der Waals surface area contributed by atoms with Crippen LogP contribution in [0.1, 0.15) is 29.3 Å². The summed E-state index contributed by atoms with van der Waals surface area (Å²) < 4.78 is 5.32. The Morgan fingerprint density at radius 2 is 2.00 bits per heavy atom. The zero-order valence-electron chi connectivity index (χ0n) is 9.47. The van der Waals surface area contributed by atoms with Crippen LogP contribution in [0.4, 0.5) is 0 Å². The summed E-state index contributed by atoms with van der Waals surface area (Å²) in [7, 11) is 0. The third-order valence-electron chi connectivity index (χ3n) is 2.22. The van der Waals surface area contributed by atoms with E-state index in [1.54, 1.807) is 6.07 Å². The molecule has 0 saturated heterocycles. The minimum atomic E-state index is -1.04. The molecule has 0 heterocycles. The van der Waals surface area contributed by atoms with E-state index in [0.717, 1.165) is 0 Å². The van der Waals surface area contributed by atoms with Gasteiger partial charge in [0.1, 0.15) is 5.75 Å². The van der Waals surface area contributed by atoms with E-state index >= 15 is 0 Å². The predicted octanol–water partition coefficient (Wildman–Crippen LogP) is 1.80. The van der Waals surface area contributed by atoms with Crippen molar-refractivity contribution in [2.75, 3.05) is 6.61 Å². The molecule has 0 amide bonds. The molecule has 5 nitrogen and oxygen atoms in total. The number of aryl methyl sites for hydroxylation is 1. The maximum absolute atomic E-state index is 10.8. The molecule has 0 fully saturated rings. The van der Waals surface area contributed by atoms with Gasteiger partial charge in [-0.3, -0.25) is 4.79 Å². The number of ether oxygens (including phenoxy) is 1. The summed E-state index contributed by atoms with van der Waals surface area (Å²) in [6, 6.07) is 4.46. The van der Waals surface area contributed by atoms with E-state index in [0.29, 0.717) is 17.9 Å². The molecule has 0 atom stereocenters. The summed E-state index contributed by atoms with van der Waals surface area (Å²) in [6.07, 6.45) is 0.203. The first-order chi connectivity index (χ1) is 8.04. The Hall–Kier alpha value is -2.04. The van der Waals surface area contributed by atoms with Gasteiger partial charge >= 0.3 is 11.9 Å². The van der Waals surface area contributed by atoms with Crippen molar-refractivity contribution in [2.45, 2.75) is 19.8 Å². The highest BCUT2D eigenvalue weighted by Gasteiger charge is 2.10. The number of carboxylic acids is 2. The lowest BCUT2D eigenvalue weighted by atomic mass is 10.1. The lowest BCUT2D eigenvalue weighted by Crippen LogP contribution is -2.04. The average Bonchev–Trinajstić information content (AvgIpc) is 2.27. The maximum atomic E-state index is 10.8. The first-order valence-electron chi connectivity index (χ1n) is 5.25. The average molecular weight is 238 g/mol. The van der Waals surface area contributed by atoms with Crippen molar-refractivity contribution in [1.82, 2.24) is 0 Å². The molecule has 5 heteroatoms. The van der Waals surface area contributed by atoms with Crippen LogP contribution in [0.2, 0.25) is 0 Å². The monoisotopic (exact) mass is 238 g/mol. The van der Waals surface area contributed by atoms with E-state index in [1.807, 2.05) is 6.92 Å². The number of hydrogen-bond donors (Lipinski definition) is 2. The van der Waals surface area contributed by atoms with Gasteiger partial charge in [0.15, 0.2) is 0 Å². The van der Waals surface area contributed by atoms with Gasteiger partial charge in [-0.15, -0.1) is 0 Å². The highest BCUT2D eigenvalue weighted by molar-refractivity contribution is 5.88. The van der Waals surface area contributed by atoms with Gasteiger partial charge in [-0.05, 0) is 37.1 Å². The zero-order chi connectivity index (χ0) is 12.8. The third-order valence-corrected chi connectivity index (χ3v) is 2.22. The highest BCUT2D eigenvalue weighted by Crippen LogP contribution is 2.22. The van der Waals surface area contributed by atoms with Crippen LogP contribution >= 0.6 is 0 Å². The Bertz CT molecular complexity index is 425. The number of aromatic carboxylic acids is 1. The number of rotatable bonds is 6. The molecule has 0 aliphatic rings. The van der Waals surface area contributed by atoms with Gasteiger partial charge in [0.05, 0.1) is 12.2 Å². The molecular formula is C12H14O5. The molecule has 0 bridgehead atoms. The second-order valence-corrected chi connectivity index (χ2v) is 3.45. The molecule has 0 aliphatic carbocycles. The smallest absolute Gasteiger partial charge is 0.335 e. The second-order valence-electron chi connectivity index (χ2n) is 3.45. The van der Waals surface area contributed by atoms with Crippen molar-refractivity contribution >= 4 is 11.9 Å². The van der Waals surface area contributed by atoms with Crippen LogP contribution in [0, 0.1) is 0 Å². The molecule has 92 valence electrons. The van der Waals surface area contributed by atoms with Crippen LogP contribution in [0.3, 0.4) is 0 Å². The van der Waals surface area contributed by atoms with Gasteiger partial charge in [0.2, 0.25) is 0 Å². The molecule has 0 unspecified atom stereocenters. The van der Waals surface area contributed by atoms with E-state index in [9.17, 15) is 9.59 Å². The van der Waals surface area contributed by atoms with E-state index in [-0.39, 0.29) is 18.4 Å². The molecule has 0 aliphatic heterocycles. The fraction of sp³-hybridized carbons (Fsp3) is 0.333. The fourth-order valence-corrected chi connectivity index (χ4v) is 1.45. The van der Waals surface area contributed by atoms with Gasteiger partial charge in [0, 0.05) is 6.42 Å². The van der Waals surface area contributed by atoms with Crippen molar-refractivity contribution < 1.29 is 24.5 Å². The normalized spacial score (nSPS) is 9.94. The SMILES string of the molecule is CCOc1ccc(C(=O)O)cc1CCC(=O)O. The largest absolute Gasteiger partial charge is 0.494 e. The summed E-state index contributed by atoms with van der Waals surface area (Å²) in [5.74, 6) is -1.42. The minimum absolute atomic E-state index is 0.0524. The summed E-state index contributed by atoms with van der Waals surface area (Å²) in [5.41, 5.74) is 0.739. The summed E-state index contributed by atoms with van der Waals surface area (Å²) in [4.78, 5) is 21.3. The molecule has 0 spiro atoms. The molecule has 1 aromatic carbocycles. The number of hydrogen-bond acceptors (Lipinski definition) is 3. The van der Waals surface area contributed by atoms with E-state index < -0.39 is 11.9 Å². The minimum Gasteiger partial charge on any atom is -0.494 e. The topological polar surface area (TPSA) is 83.8 Å². The van der Waals surface area contributed by atoms with Crippen LogP contribution in [0.25, 0.3) is 0 Å². The van der Waals surface area contributed by atoms with Crippen molar-refractivity contribution in [3.63, 3.8) is 0 Å². The second kappa shape index (κ2) is 5.89. The molecule has 0 radical (unpaired) electrons. The summed E-state index contributed by atoms with van der Waals surface area (Å²) in [5, 5.41) is 17.5. The third kappa shape index (κ3) is 3.79. The van der Waals surface area contributed by atoms with Crippen LogP contribution < -0.4 is 4.74 Å². The number of carbonyl (C=O) groups is 2. The van der Waals surface area contributed by atoms with Gasteiger partial charge in [0.25, 0.3) is 0 Å². The Morgan fingerprint density at radius 3 is 2.53 bits per heavy atom. The predicted molar refractivity (Wildman–Crippen MR) is 60.5 cm³/mol. The molecule has 0 saturated carbocycles. The maximum Gasteiger partial charge on any atom is 0.335 e. The van der Waals surface area contributed by atoms with Crippen molar-refractivity contribution in [1.29, 1.82) is 0 Å². The zero-order valence-corrected chi connectivity index (χ0v) is 9.47. The lowest BCUT2D eigenvalue weighted by Gasteiger charge is -2.10. The molecule has 1 rings (SSSR count). The first kappa shape index (κ1) is 13.0. The standard InChI is InChI=1S/C12H14O5/c1-2-17-10-5-3-9(12(15)16)7-8(10)4-6-11(13)14/h3,5,7H,2,4,6H2,1H3,(H,13,14)(H,15,16). The summed E-state index contributed by atoms with van der Waals surface area (Å²) in [6.45, 7) is 2.26. The number of benzene rings is 1. The Balaban J connectivity index is 2.97. The molecule has 17 heavy (non-hydrogen) atoms. The molecule has 2 N–H and O–H groups in total. The van der Waals surface area contributed by atoms with Crippen LogP contribution in [-0.4, -0.2) is 28.8 Å². The number of aliphatic carboxylic acids is 1. The number of carboxylic acid groups (broad SMARTS) is 2. The van der Waals surface area contributed by atoms with Gasteiger partial charge in [-0.25, -0.2) is 4.79 Å². The highest BCUT2D eigenvalue weighted by atomic mass is 16.5. The van der Waals surface area contributed by atoms with Gasteiger partial charge in [-0.1, -0.05) is 0 Å². The van der Waals surface area contributed by atoms with E-state index in [2.05, 4.69) is 0 Å². The van der Waals surface area contributed by atoms with E-state index in [1.165, 1.54) is 12.1 Å². The Kier molecular flexibility index (Phi) is 4.51. The summed E-state index contributed by atoms with van der Waals surface area (Å²) >= 11 is 0. The molecular weight excluding hydrogens is 224 g/mol. The van der Waals surface area contributed by atoms with E-state index in [4.69, 9.17) is 14.9 Å². The van der Waals surface area contributed by atoms with Crippen LogP contribution in [0.15, 0.2) is 18.2 Å². The van der Waals surface area contributed by atoms with Crippen molar-refractivity contribution in [3.05, 3.63) is 29.3 Å². The van der Waals surface area contributed by atoms with Crippen molar-refractivity contribution in [2.24, 2.45) is 0 Å². The molecule has 1 aromatic rings.